The molecule has 0 saturated carbocycles. The Kier molecular flexibility index (Phi) is 8.59. The highest BCUT2D eigenvalue weighted by Crippen LogP contribution is 2.45. The largest absolute Gasteiger partial charge is 0.339 e. The van der Waals surface area contributed by atoms with Crippen LogP contribution in [0.4, 0.5) is 0 Å². The molecule has 46 heavy (non-hydrogen) atoms. The van der Waals surface area contributed by atoms with Gasteiger partial charge in [-0.15, -0.1) is 0 Å². The monoisotopic (exact) mass is 703 g/mol. The van der Waals surface area contributed by atoms with Crippen molar-refractivity contribution in [1.29, 1.82) is 0 Å². The molecule has 1 amide bonds. The molecule has 8 nitrogen and oxygen atoms in total. The van der Waals surface area contributed by atoms with Gasteiger partial charge in [-0.05, 0) is 123 Å². The van der Waals surface area contributed by atoms with E-state index in [0.29, 0.717) is 41.3 Å². The van der Waals surface area contributed by atoms with Gasteiger partial charge in [-0.25, -0.2) is 18.1 Å². The number of hydrogen-bond acceptors (Lipinski definition) is 5. The zero-order chi connectivity index (χ0) is 32.1. The number of aromatic nitrogens is 2. The lowest BCUT2D eigenvalue weighted by atomic mass is 9.70. The van der Waals surface area contributed by atoms with E-state index >= 15 is 0 Å². The van der Waals surface area contributed by atoms with Gasteiger partial charge in [-0.2, -0.15) is 0 Å². The quantitative estimate of drug-likeness (QED) is 0.228. The number of amides is 1. The van der Waals surface area contributed by atoms with E-state index in [-0.39, 0.29) is 16.2 Å². The molecule has 1 unspecified atom stereocenters. The van der Waals surface area contributed by atoms with Crippen LogP contribution in [0.25, 0.3) is 11.0 Å². The second kappa shape index (κ2) is 12.5. The van der Waals surface area contributed by atoms with Gasteiger partial charge in [0.15, 0.2) is 0 Å². The molecule has 0 aliphatic carbocycles. The Morgan fingerprint density at radius 3 is 2.33 bits per heavy atom. The SMILES string of the molecule is CNS(=O)(=O)c1cc(C(=O)N2CCC(CCN3[C@@H]4CC[C@H]3CC(n3c(C)nc5ccccc53)C4)(c3ccccc3)CC2)ccc1Br. The zero-order valence-corrected chi connectivity index (χ0v) is 28.9. The number of para-hydroxylation sites is 2. The Balaban J connectivity index is 1.06. The van der Waals surface area contributed by atoms with Crippen LogP contribution >= 0.6 is 15.9 Å². The molecule has 4 heterocycles. The summed E-state index contributed by atoms with van der Waals surface area (Å²) in [6.07, 6.45) is 7.66. The van der Waals surface area contributed by atoms with Gasteiger partial charge in [0.05, 0.1) is 15.9 Å². The second-order valence-corrected chi connectivity index (χ2v) is 16.0. The third-order valence-electron chi connectivity index (χ3n) is 11.0. The van der Waals surface area contributed by atoms with Crippen molar-refractivity contribution in [3.63, 3.8) is 0 Å². The molecule has 3 aliphatic rings. The minimum atomic E-state index is -3.70. The van der Waals surface area contributed by atoms with E-state index in [0.717, 1.165) is 50.0 Å². The van der Waals surface area contributed by atoms with E-state index in [1.54, 1.807) is 12.1 Å². The van der Waals surface area contributed by atoms with Crippen molar-refractivity contribution in [3.8, 4) is 0 Å². The molecule has 2 bridgehead atoms. The van der Waals surface area contributed by atoms with Crippen LogP contribution in [0.3, 0.4) is 0 Å². The Hall–Kier alpha value is -3.05. The molecular formula is C36H42BrN5O3S. The molecule has 10 heteroatoms. The van der Waals surface area contributed by atoms with E-state index in [2.05, 4.69) is 91.6 Å². The minimum Gasteiger partial charge on any atom is -0.339 e. The molecule has 3 aromatic carbocycles. The number of carbonyl (C=O) groups is 1. The fourth-order valence-electron chi connectivity index (χ4n) is 8.54. The number of benzene rings is 3. The van der Waals surface area contributed by atoms with Gasteiger partial charge in [0, 0.05) is 41.3 Å². The van der Waals surface area contributed by atoms with Crippen LogP contribution in [-0.2, 0) is 15.4 Å². The lowest BCUT2D eigenvalue weighted by molar-refractivity contribution is 0.0606. The number of nitrogens with one attached hydrogen (secondary N) is 1. The lowest BCUT2D eigenvalue weighted by Crippen LogP contribution is -2.49. The number of halogens is 1. The summed E-state index contributed by atoms with van der Waals surface area (Å²) in [5, 5.41) is 0. The Bertz CT molecular complexity index is 1840. The van der Waals surface area contributed by atoms with Crippen molar-refractivity contribution < 1.29 is 13.2 Å². The van der Waals surface area contributed by atoms with E-state index in [4.69, 9.17) is 4.98 Å². The third kappa shape index (κ3) is 5.71. The van der Waals surface area contributed by atoms with Crippen LogP contribution in [0.5, 0.6) is 0 Å². The van der Waals surface area contributed by atoms with E-state index in [1.807, 2.05) is 4.90 Å². The molecule has 242 valence electrons. The summed E-state index contributed by atoms with van der Waals surface area (Å²) in [5.74, 6) is 0.996. The number of carbonyl (C=O) groups excluding carboxylic acids is 1. The molecular weight excluding hydrogens is 662 g/mol. The number of aryl methyl sites for hydroxylation is 1. The average Bonchev–Trinajstić information content (AvgIpc) is 3.54. The van der Waals surface area contributed by atoms with Crippen molar-refractivity contribution >= 4 is 42.9 Å². The van der Waals surface area contributed by atoms with Gasteiger partial charge in [0.25, 0.3) is 5.91 Å². The number of imidazole rings is 1. The standard InChI is InChI=1S/C36H42BrN5O3S/c1-25-39-32-10-6-7-11-33(32)42(25)30-23-28-13-14-29(24-30)41(28)21-18-36(27-8-4-3-5-9-27)16-19-40(20-17-36)35(43)26-12-15-31(37)34(22-26)46(44,45)38-2/h3-12,15,22,28-30,38H,13-14,16-21,23-24H2,1-2H3/t28-,29+,30?. The molecule has 1 aromatic heterocycles. The van der Waals surface area contributed by atoms with Gasteiger partial charge in [-0.1, -0.05) is 42.5 Å². The smallest absolute Gasteiger partial charge is 0.253 e. The fraction of sp³-hybridized carbons (Fsp3) is 0.444. The van der Waals surface area contributed by atoms with Crippen LogP contribution in [0.1, 0.15) is 72.7 Å². The number of fused-ring (bicyclic) bond motifs is 3. The van der Waals surface area contributed by atoms with Gasteiger partial charge in [0.1, 0.15) is 5.82 Å². The average molecular weight is 705 g/mol. The summed E-state index contributed by atoms with van der Waals surface area (Å²) >= 11 is 3.33. The molecule has 3 fully saturated rings. The maximum Gasteiger partial charge on any atom is 0.253 e. The van der Waals surface area contributed by atoms with Crippen molar-refractivity contribution in [2.75, 3.05) is 26.7 Å². The molecule has 1 N–H and O–H groups in total. The van der Waals surface area contributed by atoms with E-state index in [9.17, 15) is 13.2 Å². The van der Waals surface area contributed by atoms with Crippen molar-refractivity contribution in [1.82, 2.24) is 24.1 Å². The minimum absolute atomic E-state index is 0.00812. The number of sulfonamides is 1. The van der Waals surface area contributed by atoms with Gasteiger partial charge < -0.3 is 9.47 Å². The third-order valence-corrected chi connectivity index (χ3v) is 13.4. The van der Waals surface area contributed by atoms with Gasteiger partial charge >= 0.3 is 0 Å². The Morgan fingerprint density at radius 2 is 1.63 bits per heavy atom. The van der Waals surface area contributed by atoms with Crippen molar-refractivity contribution in [3.05, 3.63) is 94.2 Å². The summed E-state index contributed by atoms with van der Waals surface area (Å²) in [6.45, 7) is 4.49. The maximum absolute atomic E-state index is 13.6. The molecule has 7 rings (SSSR count). The van der Waals surface area contributed by atoms with Crippen molar-refractivity contribution in [2.45, 2.75) is 80.3 Å². The second-order valence-electron chi connectivity index (χ2n) is 13.3. The van der Waals surface area contributed by atoms with Crippen LogP contribution in [0.2, 0.25) is 0 Å². The predicted molar refractivity (Wildman–Crippen MR) is 185 cm³/mol. The van der Waals surface area contributed by atoms with Gasteiger partial charge in [0.2, 0.25) is 10.0 Å². The summed E-state index contributed by atoms with van der Waals surface area (Å²) < 4.78 is 30.4. The molecule has 3 atom stereocenters. The first kappa shape index (κ1) is 31.5. The zero-order valence-electron chi connectivity index (χ0n) is 26.5. The Labute approximate surface area is 280 Å². The topological polar surface area (TPSA) is 87.5 Å². The lowest BCUT2D eigenvalue weighted by Gasteiger charge is -2.45. The number of nitrogens with zero attached hydrogens (tertiary/aromatic N) is 4. The fourth-order valence-corrected chi connectivity index (χ4v) is 10.3. The first-order valence-corrected chi connectivity index (χ1v) is 18.7. The highest BCUT2D eigenvalue weighted by Gasteiger charge is 2.44. The molecule has 4 aromatic rings. The number of rotatable bonds is 8. The highest BCUT2D eigenvalue weighted by atomic mass is 79.9. The summed E-state index contributed by atoms with van der Waals surface area (Å²) in [6, 6.07) is 25.9. The highest BCUT2D eigenvalue weighted by molar-refractivity contribution is 9.10. The molecule has 0 spiro atoms. The van der Waals surface area contributed by atoms with E-state index in [1.165, 1.54) is 37.0 Å². The predicted octanol–water partition coefficient (Wildman–Crippen LogP) is 6.45. The molecule has 3 saturated heterocycles. The van der Waals surface area contributed by atoms with Crippen LogP contribution < -0.4 is 4.72 Å². The normalized spacial score (nSPS) is 23.2. The summed E-state index contributed by atoms with van der Waals surface area (Å²) in [7, 11) is -2.32. The van der Waals surface area contributed by atoms with Crippen LogP contribution in [0.15, 0.2) is 82.2 Å². The maximum atomic E-state index is 13.6. The van der Waals surface area contributed by atoms with Gasteiger partial charge in [-0.3, -0.25) is 9.69 Å². The van der Waals surface area contributed by atoms with E-state index < -0.39 is 10.0 Å². The number of likely N-dealkylation sites (tertiary alicyclic amines) is 1. The summed E-state index contributed by atoms with van der Waals surface area (Å²) in [5.41, 5.74) is 4.09. The van der Waals surface area contributed by atoms with Crippen LogP contribution in [-0.4, -0.2) is 72.4 Å². The number of piperidine rings is 2. The molecule has 0 radical (unpaired) electrons. The molecule has 3 aliphatic heterocycles. The summed E-state index contributed by atoms with van der Waals surface area (Å²) in [4.78, 5) is 23.3. The Morgan fingerprint density at radius 1 is 0.957 bits per heavy atom. The van der Waals surface area contributed by atoms with Crippen molar-refractivity contribution in [2.24, 2.45) is 0 Å². The van der Waals surface area contributed by atoms with Crippen LogP contribution in [0, 0.1) is 6.92 Å². The number of hydrogen-bond donors (Lipinski definition) is 1. The first-order chi connectivity index (χ1) is 22.2. The first-order valence-electron chi connectivity index (χ1n) is 16.5.